The molecule has 126 valence electrons. The first kappa shape index (κ1) is 16.9. The molecule has 1 aliphatic rings. The predicted octanol–water partition coefficient (Wildman–Crippen LogP) is 4.03. The maximum absolute atomic E-state index is 12.8. The quantitative estimate of drug-likeness (QED) is 0.467. The molecule has 0 radical (unpaired) electrons. The van der Waals surface area contributed by atoms with Gasteiger partial charge in [-0.1, -0.05) is 42.6 Å². The van der Waals surface area contributed by atoms with Crippen molar-refractivity contribution in [3.05, 3.63) is 59.7 Å². The fraction of sp³-hybridized carbons (Fsp3) is 0.316. The normalized spacial score (nSPS) is 14.1. The number of benzene rings is 2. The van der Waals surface area contributed by atoms with E-state index in [1.54, 1.807) is 0 Å². The van der Waals surface area contributed by atoms with Crippen molar-refractivity contribution in [3.63, 3.8) is 0 Å². The van der Waals surface area contributed by atoms with Gasteiger partial charge in [0.15, 0.2) is 0 Å². The Labute approximate surface area is 144 Å². The second-order valence-corrected chi connectivity index (χ2v) is 7.78. The third kappa shape index (κ3) is 3.77. The molecule has 2 aromatic carbocycles. The second kappa shape index (κ2) is 6.92. The van der Waals surface area contributed by atoms with Crippen molar-refractivity contribution in [2.75, 3.05) is 33.8 Å². The van der Waals surface area contributed by atoms with Gasteiger partial charge in [-0.05, 0) is 12.1 Å². The number of ether oxygens (including phenoxy) is 1. The number of fused-ring (bicyclic) bond motifs is 2. The summed E-state index contributed by atoms with van der Waals surface area (Å²) in [6, 6.07) is 15.3. The third-order valence-corrected chi connectivity index (χ3v) is 4.62. The molecule has 0 atom stereocenters. The zero-order chi connectivity index (χ0) is 17.2. The van der Waals surface area contributed by atoms with E-state index in [1.807, 2.05) is 48.5 Å². The molecule has 0 aromatic heterocycles. The molecule has 0 bridgehead atoms. The van der Waals surface area contributed by atoms with Crippen LogP contribution in [-0.4, -0.2) is 44.3 Å². The number of rotatable bonds is 5. The predicted molar refractivity (Wildman–Crippen MR) is 95.6 cm³/mol. The van der Waals surface area contributed by atoms with Crippen LogP contribution in [0.4, 0.5) is 0 Å². The summed E-state index contributed by atoms with van der Waals surface area (Å²) >= 11 is 0. The lowest BCUT2D eigenvalue weighted by Gasteiger charge is -2.31. The van der Waals surface area contributed by atoms with Gasteiger partial charge in [-0.15, -0.1) is 0 Å². The molecule has 0 spiro atoms. The standard InChI is InChI=1S/C19H22NO3P/c1-20(2,3)12-13-24-23-19(21)18-14-8-4-6-10-16(14)22-17-11-7-5-9-15(17)18/h4-11,18H,12-13H2,1-3H3. The SMILES string of the molecule is C[N+](C)(C)CC[P-]OC(=O)C1c2ccccc2Oc2ccccc21. The highest BCUT2D eigenvalue weighted by Gasteiger charge is 2.32. The van der Waals surface area contributed by atoms with Gasteiger partial charge in [-0.3, -0.25) is 4.79 Å². The van der Waals surface area contributed by atoms with Crippen LogP contribution in [0.2, 0.25) is 0 Å². The Hall–Kier alpha value is -1.90. The zero-order valence-electron chi connectivity index (χ0n) is 14.2. The molecule has 0 saturated heterocycles. The summed E-state index contributed by atoms with van der Waals surface area (Å²) in [4.78, 5) is 12.8. The summed E-state index contributed by atoms with van der Waals surface area (Å²) in [6.07, 6.45) is 0.821. The Bertz CT molecular complexity index is 694. The smallest absolute Gasteiger partial charge is 0.286 e. The van der Waals surface area contributed by atoms with E-state index in [4.69, 9.17) is 9.26 Å². The number of para-hydroxylation sites is 2. The molecule has 0 saturated carbocycles. The second-order valence-electron chi connectivity index (χ2n) is 6.89. The van der Waals surface area contributed by atoms with Crippen molar-refractivity contribution in [2.24, 2.45) is 0 Å². The molecular formula is C19H22NO3P. The highest BCUT2D eigenvalue weighted by molar-refractivity contribution is 7.32. The molecule has 1 aliphatic heterocycles. The number of nitrogens with zero attached hydrogens (tertiary/aromatic N) is 1. The summed E-state index contributed by atoms with van der Waals surface area (Å²) in [5, 5.41) is 0. The first-order chi connectivity index (χ1) is 11.5. The number of carbonyl (C=O) groups excluding carboxylic acids is 1. The molecule has 0 amide bonds. The van der Waals surface area contributed by atoms with Gasteiger partial charge in [0.25, 0.3) is 5.97 Å². The van der Waals surface area contributed by atoms with Crippen LogP contribution in [0.1, 0.15) is 17.0 Å². The lowest BCUT2D eigenvalue weighted by molar-refractivity contribution is -0.867. The monoisotopic (exact) mass is 343 g/mol. The van der Waals surface area contributed by atoms with Crippen LogP contribution >= 0.6 is 8.81 Å². The molecule has 4 nitrogen and oxygen atoms in total. The summed E-state index contributed by atoms with van der Waals surface area (Å²) in [5.74, 6) is 0.798. The Morgan fingerprint density at radius 2 is 1.58 bits per heavy atom. The average Bonchev–Trinajstić information content (AvgIpc) is 2.55. The van der Waals surface area contributed by atoms with Gasteiger partial charge in [0, 0.05) is 11.1 Å². The van der Waals surface area contributed by atoms with E-state index in [9.17, 15) is 4.79 Å². The molecule has 0 unspecified atom stereocenters. The lowest BCUT2D eigenvalue weighted by atomic mass is 9.88. The highest BCUT2D eigenvalue weighted by Crippen LogP contribution is 2.44. The zero-order valence-corrected chi connectivity index (χ0v) is 15.1. The summed E-state index contributed by atoms with van der Waals surface area (Å²) in [6.45, 7) is 0.954. The van der Waals surface area contributed by atoms with E-state index in [1.165, 1.54) is 0 Å². The minimum absolute atomic E-state index is 0.221. The molecule has 24 heavy (non-hydrogen) atoms. The summed E-state index contributed by atoms with van der Waals surface area (Å²) in [7, 11) is 7.08. The lowest BCUT2D eigenvalue weighted by Crippen LogP contribution is -2.36. The van der Waals surface area contributed by atoms with Crippen LogP contribution in [0.15, 0.2) is 48.5 Å². The molecule has 0 N–H and O–H groups in total. The molecule has 0 fully saturated rings. The van der Waals surface area contributed by atoms with Crippen LogP contribution < -0.4 is 4.74 Å². The summed E-state index contributed by atoms with van der Waals surface area (Å²) in [5.41, 5.74) is 1.73. The van der Waals surface area contributed by atoms with Gasteiger partial charge in [0.2, 0.25) is 0 Å². The van der Waals surface area contributed by atoms with Crippen molar-refractivity contribution in [1.82, 2.24) is 0 Å². The van der Waals surface area contributed by atoms with Crippen LogP contribution in [0.25, 0.3) is 0 Å². The van der Waals surface area contributed by atoms with Gasteiger partial charge in [0.05, 0.1) is 27.7 Å². The van der Waals surface area contributed by atoms with Gasteiger partial charge >= 0.3 is 0 Å². The van der Waals surface area contributed by atoms with E-state index in [2.05, 4.69) is 21.1 Å². The average molecular weight is 343 g/mol. The van der Waals surface area contributed by atoms with Crippen molar-refractivity contribution in [3.8, 4) is 11.5 Å². The number of quaternary nitrogens is 1. The molecule has 0 aliphatic carbocycles. The van der Waals surface area contributed by atoms with E-state index in [0.717, 1.165) is 39.8 Å². The van der Waals surface area contributed by atoms with Gasteiger partial charge in [-0.2, -0.15) is 0 Å². The van der Waals surface area contributed by atoms with Crippen molar-refractivity contribution in [1.29, 1.82) is 0 Å². The van der Waals surface area contributed by atoms with E-state index < -0.39 is 5.92 Å². The minimum atomic E-state index is -0.428. The maximum atomic E-state index is 12.8. The first-order valence-corrected chi connectivity index (χ1v) is 8.99. The van der Waals surface area contributed by atoms with Crippen LogP contribution in [0.3, 0.4) is 0 Å². The summed E-state index contributed by atoms with van der Waals surface area (Å²) < 4.78 is 12.3. The minimum Gasteiger partial charge on any atom is -0.644 e. The molecular weight excluding hydrogens is 321 g/mol. The van der Waals surface area contributed by atoms with Crippen LogP contribution in [0, 0.1) is 0 Å². The van der Waals surface area contributed by atoms with Crippen molar-refractivity contribution >= 4 is 14.8 Å². The van der Waals surface area contributed by atoms with Crippen molar-refractivity contribution < 1.29 is 18.5 Å². The van der Waals surface area contributed by atoms with E-state index in [0.29, 0.717) is 8.81 Å². The molecule has 2 aromatic rings. The number of hydrogen-bond donors (Lipinski definition) is 0. The number of carbonyl (C=O) groups is 1. The van der Waals surface area contributed by atoms with E-state index >= 15 is 0 Å². The van der Waals surface area contributed by atoms with Gasteiger partial charge < -0.3 is 22.6 Å². The Morgan fingerprint density at radius 1 is 1.04 bits per heavy atom. The maximum Gasteiger partial charge on any atom is 0.286 e. The fourth-order valence-electron chi connectivity index (χ4n) is 2.67. The highest BCUT2D eigenvalue weighted by atomic mass is 31.1. The van der Waals surface area contributed by atoms with Gasteiger partial charge in [0.1, 0.15) is 17.4 Å². The molecule has 1 heterocycles. The topological polar surface area (TPSA) is 35.5 Å². The van der Waals surface area contributed by atoms with Crippen molar-refractivity contribution in [2.45, 2.75) is 5.92 Å². The Balaban J connectivity index is 1.78. The fourth-order valence-corrected chi connectivity index (χ4v) is 3.67. The largest absolute Gasteiger partial charge is 0.644 e. The van der Waals surface area contributed by atoms with Gasteiger partial charge in [-0.25, -0.2) is 0 Å². The van der Waals surface area contributed by atoms with Crippen LogP contribution in [0.5, 0.6) is 11.5 Å². The van der Waals surface area contributed by atoms with E-state index in [-0.39, 0.29) is 5.97 Å². The first-order valence-electron chi connectivity index (χ1n) is 7.99. The van der Waals surface area contributed by atoms with Crippen LogP contribution in [-0.2, 0) is 9.32 Å². The molecule has 3 rings (SSSR count). The number of hydrogen-bond acceptors (Lipinski definition) is 3. The third-order valence-electron chi connectivity index (χ3n) is 3.93. The molecule has 5 heteroatoms. The Morgan fingerprint density at radius 3 is 2.12 bits per heavy atom. The Kier molecular flexibility index (Phi) is 4.88.